The Hall–Kier alpha value is -4.18. The topological polar surface area (TPSA) is 99.4 Å². The zero-order valence-corrected chi connectivity index (χ0v) is 23.4. The lowest BCUT2D eigenvalue weighted by Crippen LogP contribution is -2.41. The van der Waals surface area contributed by atoms with Crippen molar-refractivity contribution in [3.05, 3.63) is 84.5 Å². The molecule has 0 bridgehead atoms. The lowest BCUT2D eigenvalue weighted by Gasteiger charge is -2.26. The van der Waals surface area contributed by atoms with Gasteiger partial charge in [-0.25, -0.2) is 9.79 Å². The molecule has 9 nitrogen and oxygen atoms in total. The van der Waals surface area contributed by atoms with E-state index in [9.17, 15) is 14.4 Å². The molecule has 3 aromatic rings. The van der Waals surface area contributed by atoms with Crippen LogP contribution in [-0.2, 0) is 14.3 Å². The highest BCUT2D eigenvalue weighted by Crippen LogP contribution is 2.39. The standard InChI is InChI=1S/C29H29N3O6S/c1-7-38-28(35)22-16(4)30-29-32(24(22)19-13-12-17(36-5)14-21(19)37-6)27(34)25(39-29)23-18-10-8-9-11-20(18)31(15(2)3)26(23)33/h8-15,24H,7H2,1-6H3/b25-23+/t24-/m0/s1. The molecule has 1 atom stereocenters. The van der Waals surface area contributed by atoms with Crippen LogP contribution in [0.15, 0.2) is 63.5 Å². The third kappa shape index (κ3) is 4.15. The first-order valence-electron chi connectivity index (χ1n) is 12.6. The average Bonchev–Trinajstić information content (AvgIpc) is 3.39. The van der Waals surface area contributed by atoms with Crippen molar-refractivity contribution in [3.63, 3.8) is 0 Å². The Morgan fingerprint density at radius 1 is 1.10 bits per heavy atom. The fourth-order valence-electron chi connectivity index (χ4n) is 5.15. The number of allylic oxidation sites excluding steroid dienone is 1. The molecule has 2 aliphatic heterocycles. The smallest absolute Gasteiger partial charge is 0.338 e. The largest absolute Gasteiger partial charge is 0.497 e. The van der Waals surface area contributed by atoms with Crippen LogP contribution in [0, 0.1) is 0 Å². The summed E-state index contributed by atoms with van der Waals surface area (Å²) in [5, 5.41) is 0. The molecule has 0 unspecified atom stereocenters. The molecule has 3 heterocycles. The number of fused-ring (bicyclic) bond motifs is 2. The Morgan fingerprint density at radius 3 is 2.51 bits per heavy atom. The first kappa shape index (κ1) is 26.4. The van der Waals surface area contributed by atoms with Crippen LogP contribution < -0.4 is 29.3 Å². The molecule has 5 rings (SSSR count). The number of ether oxygens (including phenoxy) is 3. The summed E-state index contributed by atoms with van der Waals surface area (Å²) in [6.07, 6.45) is 0. The van der Waals surface area contributed by atoms with Gasteiger partial charge in [0.15, 0.2) is 4.80 Å². The Kier molecular flexibility index (Phi) is 6.90. The first-order chi connectivity index (χ1) is 18.7. The van der Waals surface area contributed by atoms with Gasteiger partial charge >= 0.3 is 5.97 Å². The number of anilines is 1. The van der Waals surface area contributed by atoms with Gasteiger partial charge in [-0.2, -0.15) is 0 Å². The number of nitrogens with zero attached hydrogens (tertiary/aromatic N) is 3. The maximum absolute atomic E-state index is 14.3. The summed E-state index contributed by atoms with van der Waals surface area (Å²) in [6, 6.07) is 11.7. The normalized spacial score (nSPS) is 17.7. The van der Waals surface area contributed by atoms with E-state index in [1.807, 2.05) is 38.1 Å². The van der Waals surface area contributed by atoms with E-state index >= 15 is 0 Å². The van der Waals surface area contributed by atoms with Crippen molar-refractivity contribution in [2.75, 3.05) is 25.7 Å². The monoisotopic (exact) mass is 547 g/mol. The van der Waals surface area contributed by atoms with Crippen molar-refractivity contribution in [1.29, 1.82) is 0 Å². The number of esters is 1. The Morgan fingerprint density at radius 2 is 1.85 bits per heavy atom. The Balaban J connectivity index is 1.85. The van der Waals surface area contributed by atoms with Crippen LogP contribution in [0.5, 0.6) is 11.5 Å². The number of methoxy groups -OCH3 is 2. The summed E-state index contributed by atoms with van der Waals surface area (Å²) < 4.78 is 18.1. The number of hydrogen-bond acceptors (Lipinski definition) is 8. The van der Waals surface area contributed by atoms with Gasteiger partial charge in [-0.05, 0) is 45.9 Å². The van der Waals surface area contributed by atoms with Crippen LogP contribution >= 0.6 is 11.3 Å². The van der Waals surface area contributed by atoms with Crippen LogP contribution in [0.4, 0.5) is 5.69 Å². The number of benzene rings is 2. The maximum Gasteiger partial charge on any atom is 0.338 e. The molecule has 0 fully saturated rings. The molecule has 1 amide bonds. The zero-order chi connectivity index (χ0) is 28.0. The minimum Gasteiger partial charge on any atom is -0.497 e. The molecule has 0 saturated carbocycles. The molecular weight excluding hydrogens is 518 g/mol. The lowest BCUT2D eigenvalue weighted by atomic mass is 9.95. The Labute approximate surface area is 229 Å². The van der Waals surface area contributed by atoms with Gasteiger partial charge in [-0.3, -0.25) is 14.2 Å². The van der Waals surface area contributed by atoms with Crippen LogP contribution in [0.2, 0.25) is 0 Å². The van der Waals surface area contributed by atoms with E-state index in [0.717, 1.165) is 17.0 Å². The van der Waals surface area contributed by atoms with Crippen molar-refractivity contribution in [2.45, 2.75) is 39.8 Å². The van der Waals surface area contributed by atoms with Gasteiger partial charge in [-0.1, -0.05) is 29.5 Å². The van der Waals surface area contributed by atoms with Gasteiger partial charge in [-0.15, -0.1) is 0 Å². The highest BCUT2D eigenvalue weighted by atomic mass is 32.1. The third-order valence-corrected chi connectivity index (χ3v) is 7.89. The fourth-order valence-corrected chi connectivity index (χ4v) is 6.29. The number of thiazole rings is 1. The second-order valence-corrected chi connectivity index (χ2v) is 10.4. The highest BCUT2D eigenvalue weighted by Gasteiger charge is 2.38. The minimum absolute atomic E-state index is 0.103. The van der Waals surface area contributed by atoms with Crippen molar-refractivity contribution >= 4 is 34.5 Å². The first-order valence-corrected chi connectivity index (χ1v) is 13.4. The van der Waals surface area contributed by atoms with Gasteiger partial charge < -0.3 is 19.1 Å². The molecule has 39 heavy (non-hydrogen) atoms. The van der Waals surface area contributed by atoms with E-state index < -0.39 is 17.6 Å². The quantitative estimate of drug-likeness (QED) is 0.440. The third-order valence-electron chi connectivity index (χ3n) is 6.84. The second kappa shape index (κ2) is 10.2. The summed E-state index contributed by atoms with van der Waals surface area (Å²) in [5.41, 5.74) is 2.59. The number of aromatic nitrogens is 1. The molecule has 202 valence electrons. The molecule has 0 N–H and O–H groups in total. The second-order valence-electron chi connectivity index (χ2n) is 9.39. The molecule has 0 spiro atoms. The van der Waals surface area contributed by atoms with E-state index in [0.29, 0.717) is 38.7 Å². The molecule has 0 radical (unpaired) electrons. The minimum atomic E-state index is -0.886. The molecule has 2 aromatic carbocycles. The number of carbonyl (C=O) groups excluding carboxylic acids is 2. The van der Waals surface area contributed by atoms with Crippen LogP contribution in [0.25, 0.3) is 5.57 Å². The summed E-state index contributed by atoms with van der Waals surface area (Å²) in [6.45, 7) is 7.46. The van der Waals surface area contributed by atoms with Gasteiger partial charge in [0.05, 0.1) is 43.4 Å². The van der Waals surface area contributed by atoms with Gasteiger partial charge in [0.1, 0.15) is 22.1 Å². The lowest BCUT2D eigenvalue weighted by molar-refractivity contribution is -0.139. The molecule has 1 aromatic heterocycles. The summed E-state index contributed by atoms with van der Waals surface area (Å²) in [7, 11) is 3.06. The summed E-state index contributed by atoms with van der Waals surface area (Å²) in [5.74, 6) is 0.178. The SMILES string of the molecule is CCOC(=O)C1=C(C)N=c2s/c(=C3/C(=O)N(C(C)C)c4ccccc43)c(=O)n2[C@H]1c1ccc(OC)cc1OC. The molecular formula is C29H29N3O6S. The van der Waals surface area contributed by atoms with Gasteiger partial charge in [0, 0.05) is 23.2 Å². The molecule has 0 saturated heterocycles. The number of amides is 1. The van der Waals surface area contributed by atoms with E-state index in [1.165, 1.54) is 11.7 Å². The molecule has 0 aliphatic carbocycles. The van der Waals surface area contributed by atoms with Crippen LogP contribution in [-0.4, -0.2) is 43.3 Å². The van der Waals surface area contributed by atoms with E-state index in [4.69, 9.17) is 14.2 Å². The van der Waals surface area contributed by atoms with Crippen molar-refractivity contribution in [2.24, 2.45) is 4.99 Å². The summed E-state index contributed by atoms with van der Waals surface area (Å²) in [4.78, 5) is 47.9. The zero-order valence-electron chi connectivity index (χ0n) is 22.6. The average molecular weight is 548 g/mol. The molecule has 10 heteroatoms. The predicted molar refractivity (Wildman–Crippen MR) is 148 cm³/mol. The van der Waals surface area contributed by atoms with Crippen molar-refractivity contribution < 1.29 is 23.8 Å². The predicted octanol–water partition coefficient (Wildman–Crippen LogP) is 2.94. The number of para-hydroxylation sites is 1. The number of hydrogen-bond donors (Lipinski definition) is 0. The number of carbonyl (C=O) groups is 2. The van der Waals surface area contributed by atoms with Crippen LogP contribution in [0.1, 0.15) is 44.9 Å². The van der Waals surface area contributed by atoms with Gasteiger partial charge in [0.25, 0.3) is 11.5 Å². The van der Waals surface area contributed by atoms with Crippen molar-refractivity contribution in [3.8, 4) is 11.5 Å². The Bertz CT molecular complexity index is 1720. The summed E-state index contributed by atoms with van der Waals surface area (Å²) >= 11 is 1.14. The van der Waals surface area contributed by atoms with Crippen molar-refractivity contribution in [1.82, 2.24) is 4.57 Å². The molecule has 2 aliphatic rings. The van der Waals surface area contributed by atoms with E-state index in [-0.39, 0.29) is 28.7 Å². The fraction of sp³-hybridized carbons (Fsp3) is 0.310. The van der Waals surface area contributed by atoms with E-state index in [1.54, 1.807) is 44.1 Å². The highest BCUT2D eigenvalue weighted by molar-refractivity contribution is 7.07. The van der Waals surface area contributed by atoms with Crippen LogP contribution in [0.3, 0.4) is 0 Å². The van der Waals surface area contributed by atoms with E-state index in [2.05, 4.69) is 4.99 Å². The van der Waals surface area contributed by atoms with Gasteiger partial charge in [0.2, 0.25) is 0 Å². The maximum atomic E-state index is 14.3. The number of rotatable bonds is 6.